The SMILES string of the molecule is CC(CN)CNC(=O)C1CC(=O)N(CC(F)(F)F)C1.Cl. The van der Waals surface area contributed by atoms with E-state index in [0.29, 0.717) is 18.0 Å². The number of carbonyl (C=O) groups excluding carboxylic acids is 2. The van der Waals surface area contributed by atoms with Crippen LogP contribution < -0.4 is 11.1 Å². The maximum absolute atomic E-state index is 12.2. The Balaban J connectivity index is 0.00000361. The Kier molecular flexibility index (Phi) is 7.29. The molecule has 0 aromatic rings. The summed E-state index contributed by atoms with van der Waals surface area (Å²) in [4.78, 5) is 23.8. The Morgan fingerprint density at radius 1 is 1.55 bits per heavy atom. The normalized spacial score (nSPS) is 20.6. The molecule has 0 aromatic heterocycles. The monoisotopic (exact) mass is 317 g/mol. The van der Waals surface area contributed by atoms with Gasteiger partial charge in [-0.15, -0.1) is 12.4 Å². The average molecular weight is 318 g/mol. The van der Waals surface area contributed by atoms with Gasteiger partial charge in [-0.2, -0.15) is 13.2 Å². The second-order valence-electron chi connectivity index (χ2n) is 4.88. The second kappa shape index (κ2) is 7.68. The molecule has 0 bridgehead atoms. The fourth-order valence-electron chi connectivity index (χ4n) is 1.82. The largest absolute Gasteiger partial charge is 0.406 e. The zero-order valence-corrected chi connectivity index (χ0v) is 11.9. The Hall–Kier alpha value is -1.02. The average Bonchev–Trinajstić information content (AvgIpc) is 2.65. The van der Waals surface area contributed by atoms with Gasteiger partial charge >= 0.3 is 6.18 Å². The molecule has 2 unspecified atom stereocenters. The molecule has 1 fully saturated rings. The van der Waals surface area contributed by atoms with Crippen molar-refractivity contribution in [3.05, 3.63) is 0 Å². The molecule has 0 radical (unpaired) electrons. The topological polar surface area (TPSA) is 75.4 Å². The molecule has 3 N–H and O–H groups in total. The molecule has 20 heavy (non-hydrogen) atoms. The van der Waals surface area contributed by atoms with Gasteiger partial charge in [0.2, 0.25) is 11.8 Å². The van der Waals surface area contributed by atoms with Crippen LogP contribution in [0.4, 0.5) is 13.2 Å². The van der Waals surface area contributed by atoms with E-state index in [9.17, 15) is 22.8 Å². The summed E-state index contributed by atoms with van der Waals surface area (Å²) in [7, 11) is 0. The highest BCUT2D eigenvalue weighted by molar-refractivity contribution is 5.89. The molecule has 1 aliphatic rings. The highest BCUT2D eigenvalue weighted by Crippen LogP contribution is 2.23. The molecule has 1 heterocycles. The van der Waals surface area contributed by atoms with Crippen LogP contribution in [0.15, 0.2) is 0 Å². The molecule has 2 amide bonds. The highest BCUT2D eigenvalue weighted by Gasteiger charge is 2.40. The third kappa shape index (κ3) is 5.96. The van der Waals surface area contributed by atoms with Gasteiger partial charge in [0.15, 0.2) is 0 Å². The number of likely N-dealkylation sites (tertiary alicyclic amines) is 1. The van der Waals surface area contributed by atoms with Crippen LogP contribution in [0.5, 0.6) is 0 Å². The lowest BCUT2D eigenvalue weighted by molar-refractivity contribution is -0.157. The molecule has 1 aliphatic heterocycles. The Morgan fingerprint density at radius 2 is 2.15 bits per heavy atom. The summed E-state index contributed by atoms with van der Waals surface area (Å²) in [5.74, 6) is -1.64. The van der Waals surface area contributed by atoms with Crippen LogP contribution >= 0.6 is 12.4 Å². The number of nitrogens with two attached hydrogens (primary N) is 1. The van der Waals surface area contributed by atoms with Gasteiger partial charge in [-0.05, 0) is 12.5 Å². The van der Waals surface area contributed by atoms with Crippen molar-refractivity contribution >= 4 is 24.2 Å². The Morgan fingerprint density at radius 3 is 2.65 bits per heavy atom. The summed E-state index contributed by atoms with van der Waals surface area (Å²) in [6, 6.07) is 0. The predicted molar refractivity (Wildman–Crippen MR) is 69.2 cm³/mol. The van der Waals surface area contributed by atoms with E-state index >= 15 is 0 Å². The minimum Gasteiger partial charge on any atom is -0.355 e. The van der Waals surface area contributed by atoms with Crippen molar-refractivity contribution in [2.24, 2.45) is 17.6 Å². The molecular weight excluding hydrogens is 299 g/mol. The van der Waals surface area contributed by atoms with Crippen LogP contribution in [-0.4, -0.2) is 49.1 Å². The highest BCUT2D eigenvalue weighted by atomic mass is 35.5. The van der Waals surface area contributed by atoms with E-state index in [0.717, 1.165) is 0 Å². The molecule has 1 rings (SSSR count). The van der Waals surface area contributed by atoms with Gasteiger partial charge in [-0.25, -0.2) is 0 Å². The molecule has 2 atom stereocenters. The number of rotatable bonds is 5. The quantitative estimate of drug-likeness (QED) is 0.776. The summed E-state index contributed by atoms with van der Waals surface area (Å²) in [5, 5.41) is 2.60. The Labute approximate surface area is 121 Å². The molecule has 9 heteroatoms. The summed E-state index contributed by atoms with van der Waals surface area (Å²) in [5.41, 5.74) is 5.39. The van der Waals surface area contributed by atoms with Crippen LogP contribution in [0, 0.1) is 11.8 Å². The van der Waals surface area contributed by atoms with Gasteiger partial charge in [-0.3, -0.25) is 9.59 Å². The van der Waals surface area contributed by atoms with E-state index < -0.39 is 30.5 Å². The van der Waals surface area contributed by atoms with Gasteiger partial charge in [0.05, 0.1) is 5.92 Å². The molecule has 5 nitrogen and oxygen atoms in total. The van der Waals surface area contributed by atoms with Gasteiger partial charge in [0.1, 0.15) is 6.54 Å². The fourth-order valence-corrected chi connectivity index (χ4v) is 1.82. The molecule has 0 spiro atoms. The van der Waals surface area contributed by atoms with Gasteiger partial charge in [0.25, 0.3) is 0 Å². The van der Waals surface area contributed by atoms with Crippen molar-refractivity contribution in [1.29, 1.82) is 0 Å². The molecule has 0 saturated carbocycles. The van der Waals surface area contributed by atoms with E-state index in [1.165, 1.54) is 0 Å². The van der Waals surface area contributed by atoms with Crippen LogP contribution in [0.1, 0.15) is 13.3 Å². The first-order valence-electron chi connectivity index (χ1n) is 6.05. The van der Waals surface area contributed by atoms with Gasteiger partial charge < -0.3 is 16.0 Å². The first kappa shape index (κ1) is 19.0. The summed E-state index contributed by atoms with van der Waals surface area (Å²) >= 11 is 0. The first-order chi connectivity index (χ1) is 8.73. The van der Waals surface area contributed by atoms with Gasteiger partial charge in [0, 0.05) is 19.5 Å². The predicted octanol–water partition coefficient (Wildman–Crippen LogP) is 0.530. The number of hydrogen-bond donors (Lipinski definition) is 2. The number of nitrogens with one attached hydrogen (secondary N) is 1. The lowest BCUT2D eigenvalue weighted by atomic mass is 10.1. The van der Waals surface area contributed by atoms with E-state index in [-0.39, 0.29) is 31.3 Å². The number of carbonyl (C=O) groups is 2. The van der Waals surface area contributed by atoms with E-state index in [1.54, 1.807) is 0 Å². The minimum atomic E-state index is -4.44. The van der Waals surface area contributed by atoms with Crippen molar-refractivity contribution in [2.45, 2.75) is 19.5 Å². The summed E-state index contributed by atoms with van der Waals surface area (Å²) < 4.78 is 36.6. The van der Waals surface area contributed by atoms with Crippen LogP contribution in [0.2, 0.25) is 0 Å². The summed E-state index contributed by atoms with van der Waals surface area (Å²) in [6.45, 7) is 1.13. The van der Waals surface area contributed by atoms with E-state index in [4.69, 9.17) is 5.73 Å². The summed E-state index contributed by atoms with van der Waals surface area (Å²) in [6.07, 6.45) is -4.60. The van der Waals surface area contributed by atoms with Crippen molar-refractivity contribution in [1.82, 2.24) is 10.2 Å². The Bertz CT molecular complexity index is 352. The number of hydrogen-bond acceptors (Lipinski definition) is 3. The molecule has 0 aliphatic carbocycles. The number of alkyl halides is 3. The first-order valence-corrected chi connectivity index (χ1v) is 6.05. The van der Waals surface area contributed by atoms with Crippen LogP contribution in [-0.2, 0) is 9.59 Å². The maximum atomic E-state index is 12.2. The van der Waals surface area contributed by atoms with Crippen molar-refractivity contribution in [3.63, 3.8) is 0 Å². The molecule has 118 valence electrons. The van der Waals surface area contributed by atoms with Crippen molar-refractivity contribution < 1.29 is 22.8 Å². The number of halogens is 4. The van der Waals surface area contributed by atoms with Crippen LogP contribution in [0.3, 0.4) is 0 Å². The smallest absolute Gasteiger partial charge is 0.355 e. The van der Waals surface area contributed by atoms with Gasteiger partial charge in [-0.1, -0.05) is 6.92 Å². The minimum absolute atomic E-state index is 0. The van der Waals surface area contributed by atoms with Crippen molar-refractivity contribution in [2.75, 3.05) is 26.2 Å². The van der Waals surface area contributed by atoms with E-state index in [2.05, 4.69) is 5.32 Å². The third-order valence-corrected chi connectivity index (χ3v) is 2.98. The third-order valence-electron chi connectivity index (χ3n) is 2.98. The molecule has 1 saturated heterocycles. The lowest BCUT2D eigenvalue weighted by Crippen LogP contribution is -2.38. The van der Waals surface area contributed by atoms with Crippen LogP contribution in [0.25, 0.3) is 0 Å². The molecule has 0 aromatic carbocycles. The lowest BCUT2D eigenvalue weighted by Gasteiger charge is -2.18. The fraction of sp³-hybridized carbons (Fsp3) is 0.818. The number of amides is 2. The second-order valence-corrected chi connectivity index (χ2v) is 4.88. The zero-order valence-electron chi connectivity index (χ0n) is 11.1. The zero-order chi connectivity index (χ0) is 14.6. The maximum Gasteiger partial charge on any atom is 0.406 e. The van der Waals surface area contributed by atoms with Crippen molar-refractivity contribution in [3.8, 4) is 0 Å². The molecular formula is C11H19ClF3N3O2. The number of nitrogens with zero attached hydrogens (tertiary/aromatic N) is 1. The standard InChI is InChI=1S/C11H18F3N3O2.ClH/c1-7(3-15)4-16-10(19)8-2-9(18)17(5-8)6-11(12,13)14;/h7-8H,2-6,15H2,1H3,(H,16,19);1H. The van der Waals surface area contributed by atoms with E-state index in [1.807, 2.05) is 6.92 Å².